The average molecular weight is 252 g/mol. The Morgan fingerprint density at radius 1 is 1.28 bits per heavy atom. The van der Waals surface area contributed by atoms with Gasteiger partial charge in [0.25, 0.3) is 0 Å². The van der Waals surface area contributed by atoms with Crippen molar-refractivity contribution in [2.45, 2.75) is 57.2 Å². The summed E-state index contributed by atoms with van der Waals surface area (Å²) in [6.45, 7) is 4.85. The van der Waals surface area contributed by atoms with Crippen molar-refractivity contribution in [1.29, 1.82) is 0 Å². The number of hydrogen-bond donors (Lipinski definition) is 1. The van der Waals surface area contributed by atoms with Crippen LogP contribution in [0.15, 0.2) is 0 Å². The molecule has 0 aromatic heterocycles. The Balaban J connectivity index is 1.68. The number of hydrogen-bond acceptors (Lipinski definition) is 3. The first-order valence-corrected chi connectivity index (χ1v) is 7.43. The predicted octanol–water partition coefficient (Wildman–Crippen LogP) is 1.15. The van der Waals surface area contributed by atoms with Gasteiger partial charge >= 0.3 is 0 Å². The number of likely N-dealkylation sites (tertiary alicyclic amines) is 1. The second-order valence-electron chi connectivity index (χ2n) is 5.92. The standard InChI is InChI=1S/C14H24N2O2/c1-10-11(6-9-18-10)14(17)16-8-3-5-13(16)12-4-2-7-15-12/h10-13,15H,2-9H2,1H3. The first-order valence-electron chi connectivity index (χ1n) is 7.43. The first kappa shape index (κ1) is 12.4. The van der Waals surface area contributed by atoms with Gasteiger partial charge in [-0.3, -0.25) is 4.79 Å². The van der Waals surface area contributed by atoms with Gasteiger partial charge in [-0.1, -0.05) is 0 Å². The van der Waals surface area contributed by atoms with E-state index in [1.165, 1.54) is 19.3 Å². The second kappa shape index (κ2) is 5.17. The molecule has 0 aromatic rings. The summed E-state index contributed by atoms with van der Waals surface area (Å²) in [7, 11) is 0. The van der Waals surface area contributed by atoms with Gasteiger partial charge in [-0.15, -0.1) is 0 Å². The zero-order chi connectivity index (χ0) is 12.5. The molecule has 3 heterocycles. The highest BCUT2D eigenvalue weighted by molar-refractivity contribution is 5.80. The molecule has 0 radical (unpaired) electrons. The maximum atomic E-state index is 12.6. The first-order chi connectivity index (χ1) is 8.77. The minimum Gasteiger partial charge on any atom is -0.378 e. The molecule has 0 aromatic carbocycles. The molecule has 4 nitrogen and oxygen atoms in total. The highest BCUT2D eigenvalue weighted by Crippen LogP contribution is 2.30. The van der Waals surface area contributed by atoms with Crippen LogP contribution in [0.5, 0.6) is 0 Å². The Hall–Kier alpha value is -0.610. The number of carbonyl (C=O) groups is 1. The predicted molar refractivity (Wildman–Crippen MR) is 69.3 cm³/mol. The van der Waals surface area contributed by atoms with Crippen molar-refractivity contribution >= 4 is 5.91 Å². The van der Waals surface area contributed by atoms with Gasteiger partial charge in [0.1, 0.15) is 0 Å². The van der Waals surface area contributed by atoms with E-state index in [1.807, 2.05) is 6.92 Å². The molecule has 4 unspecified atom stereocenters. The van der Waals surface area contributed by atoms with Gasteiger partial charge < -0.3 is 15.0 Å². The molecule has 3 aliphatic heterocycles. The molecule has 3 fully saturated rings. The second-order valence-corrected chi connectivity index (χ2v) is 5.92. The normalized spacial score (nSPS) is 40.6. The van der Waals surface area contributed by atoms with Crippen LogP contribution in [0.3, 0.4) is 0 Å². The van der Waals surface area contributed by atoms with Crippen LogP contribution in [0.4, 0.5) is 0 Å². The van der Waals surface area contributed by atoms with Crippen LogP contribution < -0.4 is 5.32 Å². The number of ether oxygens (including phenoxy) is 1. The number of carbonyl (C=O) groups excluding carboxylic acids is 1. The zero-order valence-corrected chi connectivity index (χ0v) is 11.2. The van der Waals surface area contributed by atoms with E-state index in [2.05, 4.69) is 10.2 Å². The Morgan fingerprint density at radius 2 is 2.17 bits per heavy atom. The van der Waals surface area contributed by atoms with Gasteiger partial charge in [-0.05, 0) is 45.6 Å². The van der Waals surface area contributed by atoms with Crippen LogP contribution in [0.2, 0.25) is 0 Å². The van der Waals surface area contributed by atoms with Crippen molar-refractivity contribution in [2.75, 3.05) is 19.7 Å². The summed E-state index contributed by atoms with van der Waals surface area (Å²) in [6, 6.07) is 0.974. The summed E-state index contributed by atoms with van der Waals surface area (Å²) < 4.78 is 5.54. The molecule has 1 amide bonds. The molecule has 0 bridgehead atoms. The largest absolute Gasteiger partial charge is 0.378 e. The lowest BCUT2D eigenvalue weighted by molar-refractivity contribution is -0.138. The molecule has 0 spiro atoms. The van der Waals surface area contributed by atoms with Crippen molar-refractivity contribution in [1.82, 2.24) is 10.2 Å². The lowest BCUT2D eigenvalue weighted by atomic mass is 9.98. The van der Waals surface area contributed by atoms with E-state index in [0.717, 1.165) is 32.5 Å². The summed E-state index contributed by atoms with van der Waals surface area (Å²) in [5.41, 5.74) is 0. The quantitative estimate of drug-likeness (QED) is 0.801. The summed E-state index contributed by atoms with van der Waals surface area (Å²) >= 11 is 0. The summed E-state index contributed by atoms with van der Waals surface area (Å²) in [5, 5.41) is 3.56. The van der Waals surface area contributed by atoms with Gasteiger partial charge in [0.05, 0.1) is 12.0 Å². The molecule has 0 saturated carbocycles. The van der Waals surface area contributed by atoms with Crippen LogP contribution >= 0.6 is 0 Å². The van der Waals surface area contributed by atoms with Gasteiger partial charge in [-0.25, -0.2) is 0 Å². The third-order valence-corrected chi connectivity index (χ3v) is 4.84. The Morgan fingerprint density at radius 3 is 2.83 bits per heavy atom. The number of nitrogens with zero attached hydrogens (tertiary/aromatic N) is 1. The van der Waals surface area contributed by atoms with E-state index in [4.69, 9.17) is 4.74 Å². The van der Waals surface area contributed by atoms with Crippen LogP contribution in [0.25, 0.3) is 0 Å². The maximum absolute atomic E-state index is 12.6. The molecular weight excluding hydrogens is 228 g/mol. The van der Waals surface area contributed by atoms with Crippen molar-refractivity contribution in [3.05, 3.63) is 0 Å². The topological polar surface area (TPSA) is 41.6 Å². The molecule has 3 rings (SSSR count). The van der Waals surface area contributed by atoms with E-state index in [1.54, 1.807) is 0 Å². The van der Waals surface area contributed by atoms with Crippen LogP contribution in [-0.4, -0.2) is 48.7 Å². The number of rotatable bonds is 2. The fourth-order valence-electron chi connectivity index (χ4n) is 3.79. The molecule has 18 heavy (non-hydrogen) atoms. The monoisotopic (exact) mass is 252 g/mol. The molecule has 4 heteroatoms. The molecule has 4 atom stereocenters. The minimum atomic E-state index is 0.104. The number of amides is 1. The lowest BCUT2D eigenvalue weighted by Gasteiger charge is -2.32. The van der Waals surface area contributed by atoms with Crippen molar-refractivity contribution in [3.63, 3.8) is 0 Å². The Kier molecular flexibility index (Phi) is 3.57. The summed E-state index contributed by atoms with van der Waals surface area (Å²) in [6.07, 6.45) is 5.83. The summed E-state index contributed by atoms with van der Waals surface area (Å²) in [4.78, 5) is 14.8. The molecule has 1 N–H and O–H groups in total. The SMILES string of the molecule is CC1OCCC1C(=O)N1CCCC1C1CCCN1. The molecule has 3 aliphatic rings. The molecule has 3 saturated heterocycles. The number of nitrogens with one attached hydrogen (secondary N) is 1. The van der Waals surface area contributed by atoms with Gasteiger partial charge in [-0.2, -0.15) is 0 Å². The molecular formula is C14H24N2O2. The fourth-order valence-corrected chi connectivity index (χ4v) is 3.79. The highest BCUT2D eigenvalue weighted by atomic mass is 16.5. The van der Waals surface area contributed by atoms with Gasteiger partial charge in [0.2, 0.25) is 5.91 Å². The van der Waals surface area contributed by atoms with Crippen LogP contribution in [-0.2, 0) is 9.53 Å². The Labute approximate surface area is 109 Å². The maximum Gasteiger partial charge on any atom is 0.228 e. The van der Waals surface area contributed by atoms with Crippen LogP contribution in [0, 0.1) is 5.92 Å². The van der Waals surface area contributed by atoms with E-state index >= 15 is 0 Å². The molecule has 102 valence electrons. The van der Waals surface area contributed by atoms with E-state index < -0.39 is 0 Å². The van der Waals surface area contributed by atoms with Crippen molar-refractivity contribution < 1.29 is 9.53 Å². The third-order valence-electron chi connectivity index (χ3n) is 4.84. The average Bonchev–Trinajstić information content (AvgIpc) is 3.09. The van der Waals surface area contributed by atoms with Crippen LogP contribution in [0.1, 0.15) is 39.0 Å². The van der Waals surface area contributed by atoms with Gasteiger partial charge in [0, 0.05) is 25.2 Å². The molecule has 0 aliphatic carbocycles. The third kappa shape index (κ3) is 2.16. The fraction of sp³-hybridized carbons (Fsp3) is 0.929. The minimum absolute atomic E-state index is 0.104. The van der Waals surface area contributed by atoms with Gasteiger partial charge in [0.15, 0.2) is 0 Å². The zero-order valence-electron chi connectivity index (χ0n) is 11.2. The van der Waals surface area contributed by atoms with E-state index in [-0.39, 0.29) is 12.0 Å². The van der Waals surface area contributed by atoms with E-state index in [9.17, 15) is 4.79 Å². The Bertz CT molecular complexity index is 315. The van der Waals surface area contributed by atoms with Crippen molar-refractivity contribution in [2.24, 2.45) is 5.92 Å². The van der Waals surface area contributed by atoms with Crippen molar-refractivity contribution in [3.8, 4) is 0 Å². The lowest BCUT2D eigenvalue weighted by Crippen LogP contribution is -2.49. The summed E-state index contributed by atoms with van der Waals surface area (Å²) in [5.74, 6) is 0.447. The smallest absolute Gasteiger partial charge is 0.228 e. The highest BCUT2D eigenvalue weighted by Gasteiger charge is 2.41. The van der Waals surface area contributed by atoms with E-state index in [0.29, 0.717) is 18.0 Å².